The van der Waals surface area contributed by atoms with Crippen LogP contribution in [0.4, 0.5) is 0 Å². The third-order valence-corrected chi connectivity index (χ3v) is 4.39. The first-order chi connectivity index (χ1) is 10.2. The number of carbonyl (C=O) groups excluding carboxylic acids is 1. The number of rotatable bonds is 2. The summed E-state index contributed by atoms with van der Waals surface area (Å²) in [7, 11) is 1.83. The van der Waals surface area contributed by atoms with Gasteiger partial charge in [0.25, 0.3) is 5.91 Å². The Labute approximate surface area is 124 Å². The van der Waals surface area contributed by atoms with Crippen LogP contribution < -0.4 is 0 Å². The van der Waals surface area contributed by atoms with Gasteiger partial charge in [-0.05, 0) is 31.0 Å². The number of aromatic nitrogens is 1. The van der Waals surface area contributed by atoms with Crippen LogP contribution in [0.15, 0.2) is 30.5 Å². The lowest BCUT2D eigenvalue weighted by molar-refractivity contribution is 0.0693. The van der Waals surface area contributed by atoms with E-state index in [1.807, 2.05) is 19.2 Å². The van der Waals surface area contributed by atoms with Gasteiger partial charge in [-0.2, -0.15) is 0 Å². The quantitative estimate of drug-likeness (QED) is 0.920. The molecule has 21 heavy (non-hydrogen) atoms. The summed E-state index contributed by atoms with van der Waals surface area (Å²) < 4.78 is 0. The van der Waals surface area contributed by atoms with Crippen LogP contribution in [0.1, 0.15) is 42.5 Å². The summed E-state index contributed by atoms with van der Waals surface area (Å²) in [6, 6.07) is 7.28. The van der Waals surface area contributed by atoms with Crippen LogP contribution >= 0.6 is 0 Å². The SMILES string of the molecule is CN(C(=O)c1cc2ncccc2cc1O)C1CCCCC1. The molecule has 1 heterocycles. The molecular weight excluding hydrogens is 264 g/mol. The molecule has 1 amide bonds. The Morgan fingerprint density at radius 3 is 2.81 bits per heavy atom. The highest BCUT2D eigenvalue weighted by atomic mass is 16.3. The number of phenols is 1. The molecule has 0 atom stereocenters. The maximum absolute atomic E-state index is 12.6. The van der Waals surface area contributed by atoms with Crippen molar-refractivity contribution in [2.24, 2.45) is 0 Å². The molecule has 0 saturated heterocycles. The van der Waals surface area contributed by atoms with Crippen molar-refractivity contribution in [2.75, 3.05) is 7.05 Å². The van der Waals surface area contributed by atoms with Gasteiger partial charge in [-0.15, -0.1) is 0 Å². The van der Waals surface area contributed by atoms with E-state index >= 15 is 0 Å². The fraction of sp³-hybridized carbons (Fsp3) is 0.412. The summed E-state index contributed by atoms with van der Waals surface area (Å²) in [5.41, 5.74) is 1.07. The number of amides is 1. The molecule has 0 spiro atoms. The second-order valence-electron chi connectivity index (χ2n) is 5.77. The molecule has 1 aromatic carbocycles. The molecule has 4 heteroatoms. The second kappa shape index (κ2) is 5.72. The number of phenolic OH excluding ortho intramolecular Hbond substituents is 1. The van der Waals surface area contributed by atoms with Gasteiger partial charge < -0.3 is 10.0 Å². The largest absolute Gasteiger partial charge is 0.507 e. The predicted molar refractivity (Wildman–Crippen MR) is 82.4 cm³/mol. The maximum Gasteiger partial charge on any atom is 0.257 e. The number of hydrogen-bond donors (Lipinski definition) is 1. The van der Waals surface area contributed by atoms with Crippen LogP contribution in [0.25, 0.3) is 10.9 Å². The van der Waals surface area contributed by atoms with Crippen molar-refractivity contribution in [1.29, 1.82) is 0 Å². The Hall–Kier alpha value is -2.10. The summed E-state index contributed by atoms with van der Waals surface area (Å²) in [5, 5.41) is 11.0. The molecule has 1 aliphatic rings. The van der Waals surface area contributed by atoms with Crippen LogP contribution in [0.3, 0.4) is 0 Å². The summed E-state index contributed by atoms with van der Waals surface area (Å²) >= 11 is 0. The number of carbonyl (C=O) groups is 1. The third-order valence-electron chi connectivity index (χ3n) is 4.39. The van der Waals surface area contributed by atoms with Gasteiger partial charge in [0.1, 0.15) is 5.75 Å². The van der Waals surface area contributed by atoms with E-state index in [9.17, 15) is 9.90 Å². The van der Waals surface area contributed by atoms with Crippen LogP contribution in [0, 0.1) is 0 Å². The molecule has 1 fully saturated rings. The van der Waals surface area contributed by atoms with Crippen LogP contribution in [0.5, 0.6) is 5.75 Å². The first-order valence-corrected chi connectivity index (χ1v) is 7.52. The molecule has 0 bridgehead atoms. The fourth-order valence-electron chi connectivity index (χ4n) is 3.10. The zero-order valence-electron chi connectivity index (χ0n) is 12.2. The van der Waals surface area contributed by atoms with E-state index in [4.69, 9.17) is 0 Å². The number of fused-ring (bicyclic) bond motifs is 1. The van der Waals surface area contributed by atoms with Crippen LogP contribution in [0.2, 0.25) is 0 Å². The molecule has 1 aliphatic carbocycles. The lowest BCUT2D eigenvalue weighted by Gasteiger charge is -2.31. The minimum atomic E-state index is -0.119. The van der Waals surface area contributed by atoms with Crippen molar-refractivity contribution < 1.29 is 9.90 Å². The molecule has 110 valence electrons. The van der Waals surface area contributed by atoms with E-state index < -0.39 is 0 Å². The van der Waals surface area contributed by atoms with Crippen LogP contribution in [-0.4, -0.2) is 34.0 Å². The Balaban J connectivity index is 1.91. The average molecular weight is 284 g/mol. The van der Waals surface area contributed by atoms with Crippen molar-refractivity contribution in [3.05, 3.63) is 36.0 Å². The molecule has 1 aromatic heterocycles. The minimum absolute atomic E-state index is 0.0307. The predicted octanol–water partition coefficient (Wildman–Crippen LogP) is 3.35. The van der Waals surface area contributed by atoms with E-state index in [0.29, 0.717) is 5.56 Å². The number of benzene rings is 1. The molecular formula is C17H20N2O2. The van der Waals surface area contributed by atoms with Gasteiger partial charge in [0.2, 0.25) is 0 Å². The maximum atomic E-state index is 12.6. The summed E-state index contributed by atoms with van der Waals surface area (Å²) in [6.07, 6.45) is 7.40. The van der Waals surface area contributed by atoms with Crippen molar-refractivity contribution in [3.63, 3.8) is 0 Å². The van der Waals surface area contributed by atoms with E-state index in [1.54, 1.807) is 23.2 Å². The van der Waals surface area contributed by atoms with Crippen LogP contribution in [-0.2, 0) is 0 Å². The number of pyridine rings is 1. The highest BCUT2D eigenvalue weighted by Gasteiger charge is 2.25. The number of aromatic hydroxyl groups is 1. The van der Waals surface area contributed by atoms with Crippen molar-refractivity contribution in [2.45, 2.75) is 38.1 Å². The topological polar surface area (TPSA) is 53.4 Å². The second-order valence-corrected chi connectivity index (χ2v) is 5.77. The van der Waals surface area contributed by atoms with Gasteiger partial charge in [0.05, 0.1) is 11.1 Å². The standard InChI is InChI=1S/C17H20N2O2/c1-19(13-7-3-2-4-8-13)17(21)14-11-15-12(10-16(14)20)6-5-9-18-15/h5-6,9-11,13,20H,2-4,7-8H2,1H3. The molecule has 1 saturated carbocycles. The Morgan fingerprint density at radius 1 is 1.29 bits per heavy atom. The van der Waals surface area contributed by atoms with Gasteiger partial charge >= 0.3 is 0 Å². The Bertz CT molecular complexity index is 663. The molecule has 0 radical (unpaired) electrons. The van der Waals surface area contributed by atoms with E-state index in [1.165, 1.54) is 19.3 Å². The van der Waals surface area contributed by atoms with Gasteiger partial charge in [-0.3, -0.25) is 9.78 Å². The van der Waals surface area contributed by atoms with Crippen molar-refractivity contribution in [1.82, 2.24) is 9.88 Å². The highest BCUT2D eigenvalue weighted by molar-refractivity contribution is 6.00. The lowest BCUT2D eigenvalue weighted by Crippen LogP contribution is -2.38. The molecule has 1 N–H and O–H groups in total. The van der Waals surface area contributed by atoms with Crippen molar-refractivity contribution >= 4 is 16.8 Å². The third kappa shape index (κ3) is 2.71. The van der Waals surface area contributed by atoms with E-state index in [2.05, 4.69) is 4.98 Å². The molecule has 0 aliphatic heterocycles. The fourth-order valence-corrected chi connectivity index (χ4v) is 3.10. The van der Waals surface area contributed by atoms with E-state index in [-0.39, 0.29) is 17.7 Å². The van der Waals surface area contributed by atoms with E-state index in [0.717, 1.165) is 23.7 Å². The smallest absolute Gasteiger partial charge is 0.257 e. The van der Waals surface area contributed by atoms with Gasteiger partial charge in [0.15, 0.2) is 0 Å². The highest BCUT2D eigenvalue weighted by Crippen LogP contribution is 2.28. The lowest BCUT2D eigenvalue weighted by atomic mass is 9.94. The van der Waals surface area contributed by atoms with Crippen molar-refractivity contribution in [3.8, 4) is 5.75 Å². The minimum Gasteiger partial charge on any atom is -0.507 e. The molecule has 4 nitrogen and oxygen atoms in total. The normalized spacial score (nSPS) is 16.0. The summed E-state index contributed by atoms with van der Waals surface area (Å²) in [6.45, 7) is 0. The zero-order valence-corrected chi connectivity index (χ0v) is 12.2. The Kier molecular flexibility index (Phi) is 3.78. The van der Waals surface area contributed by atoms with Gasteiger partial charge in [-0.1, -0.05) is 25.3 Å². The number of hydrogen-bond acceptors (Lipinski definition) is 3. The molecule has 2 aromatic rings. The molecule has 0 unspecified atom stereocenters. The first-order valence-electron chi connectivity index (χ1n) is 7.52. The summed E-state index contributed by atoms with van der Waals surface area (Å²) in [5.74, 6) is -0.0879. The van der Waals surface area contributed by atoms with Gasteiger partial charge in [0, 0.05) is 24.7 Å². The Morgan fingerprint density at radius 2 is 2.05 bits per heavy atom. The number of nitrogens with zero attached hydrogens (tertiary/aromatic N) is 2. The molecule has 3 rings (SSSR count). The first kappa shape index (κ1) is 13.9. The summed E-state index contributed by atoms with van der Waals surface area (Å²) in [4.78, 5) is 18.7. The average Bonchev–Trinajstić information content (AvgIpc) is 2.53. The van der Waals surface area contributed by atoms with Gasteiger partial charge in [-0.25, -0.2) is 0 Å². The monoisotopic (exact) mass is 284 g/mol. The zero-order chi connectivity index (χ0) is 14.8.